The number of carbonyl (C=O) groups is 1. The van der Waals surface area contributed by atoms with Crippen molar-refractivity contribution in [3.05, 3.63) is 41.6 Å². The second-order valence-electron chi connectivity index (χ2n) is 4.50. The van der Waals surface area contributed by atoms with Crippen LogP contribution in [-0.2, 0) is 6.18 Å². The number of rotatable bonds is 5. The number of halogens is 3. The van der Waals surface area contributed by atoms with E-state index in [4.69, 9.17) is 19.3 Å². The third-order valence-electron chi connectivity index (χ3n) is 2.99. The number of ether oxygens (including phenoxy) is 3. The van der Waals surface area contributed by atoms with Crippen molar-refractivity contribution in [1.29, 1.82) is 0 Å². The number of hydrogen-bond acceptors (Lipinski definition) is 5. The lowest BCUT2D eigenvalue weighted by Gasteiger charge is -2.13. The molecule has 1 N–H and O–H groups in total. The maximum Gasteiger partial charge on any atom is 0.417 e. The van der Waals surface area contributed by atoms with E-state index >= 15 is 0 Å². The normalized spacial score (nSPS) is 11.0. The minimum atomic E-state index is -4.71. The number of pyridine rings is 1. The van der Waals surface area contributed by atoms with Crippen LogP contribution in [0.5, 0.6) is 23.1 Å². The van der Waals surface area contributed by atoms with E-state index in [1.54, 1.807) is 0 Å². The standard InChI is InChI=1S/C15H12F3NO5/c1-22-9-3-4-11(12(6-9)23-2)24-13-10(14(20)21)5-8(7-19-13)15(16,17)18/h3-7H,1-2H3,(H,20,21). The molecule has 0 aliphatic rings. The highest BCUT2D eigenvalue weighted by Gasteiger charge is 2.33. The van der Waals surface area contributed by atoms with Gasteiger partial charge in [0.25, 0.3) is 0 Å². The number of aromatic carboxylic acids is 1. The Kier molecular flexibility index (Phi) is 4.82. The lowest BCUT2D eigenvalue weighted by Crippen LogP contribution is -2.10. The topological polar surface area (TPSA) is 77.9 Å². The van der Waals surface area contributed by atoms with Crippen LogP contribution in [0, 0.1) is 0 Å². The van der Waals surface area contributed by atoms with Crippen LogP contribution in [0.25, 0.3) is 0 Å². The number of carboxylic acid groups (broad SMARTS) is 1. The number of nitrogens with zero attached hydrogens (tertiary/aromatic N) is 1. The summed E-state index contributed by atoms with van der Waals surface area (Å²) in [5.74, 6) is -1.35. The fourth-order valence-corrected chi connectivity index (χ4v) is 1.81. The van der Waals surface area contributed by atoms with Crippen LogP contribution in [0.4, 0.5) is 13.2 Å². The van der Waals surface area contributed by atoms with E-state index in [2.05, 4.69) is 4.98 Å². The summed E-state index contributed by atoms with van der Waals surface area (Å²) in [6.07, 6.45) is -4.22. The summed E-state index contributed by atoms with van der Waals surface area (Å²) in [6.45, 7) is 0. The van der Waals surface area contributed by atoms with E-state index in [0.717, 1.165) is 0 Å². The highest BCUT2D eigenvalue weighted by Crippen LogP contribution is 2.36. The summed E-state index contributed by atoms with van der Waals surface area (Å²) in [6, 6.07) is 4.87. The molecule has 2 aromatic rings. The lowest BCUT2D eigenvalue weighted by molar-refractivity contribution is -0.137. The fourth-order valence-electron chi connectivity index (χ4n) is 1.81. The Balaban J connectivity index is 2.45. The van der Waals surface area contributed by atoms with E-state index < -0.39 is 29.2 Å². The maximum atomic E-state index is 12.7. The molecule has 1 heterocycles. The molecule has 0 unspecified atom stereocenters. The fraction of sp³-hybridized carbons (Fsp3) is 0.200. The number of methoxy groups -OCH3 is 2. The molecule has 128 valence electrons. The van der Waals surface area contributed by atoms with Gasteiger partial charge in [-0.1, -0.05) is 0 Å². The van der Waals surface area contributed by atoms with Crippen molar-refractivity contribution in [2.24, 2.45) is 0 Å². The third-order valence-corrected chi connectivity index (χ3v) is 2.99. The first-order valence-electron chi connectivity index (χ1n) is 6.46. The molecule has 2 rings (SSSR count). The van der Waals surface area contributed by atoms with Gasteiger partial charge in [0, 0.05) is 12.3 Å². The van der Waals surface area contributed by atoms with Crippen LogP contribution in [0.1, 0.15) is 15.9 Å². The van der Waals surface area contributed by atoms with Crippen LogP contribution in [0.15, 0.2) is 30.5 Å². The molecule has 0 spiro atoms. The van der Waals surface area contributed by atoms with Crippen LogP contribution in [0.3, 0.4) is 0 Å². The van der Waals surface area contributed by atoms with Crippen molar-refractivity contribution < 1.29 is 37.3 Å². The van der Waals surface area contributed by atoms with E-state index in [-0.39, 0.29) is 11.5 Å². The Morgan fingerprint density at radius 3 is 2.38 bits per heavy atom. The Hall–Kier alpha value is -2.97. The van der Waals surface area contributed by atoms with Gasteiger partial charge < -0.3 is 19.3 Å². The molecule has 0 aliphatic carbocycles. The summed E-state index contributed by atoms with van der Waals surface area (Å²) < 4.78 is 53.5. The molecule has 9 heteroatoms. The summed E-state index contributed by atoms with van der Waals surface area (Å²) in [7, 11) is 2.79. The predicted octanol–water partition coefficient (Wildman–Crippen LogP) is 3.61. The van der Waals surface area contributed by atoms with Gasteiger partial charge in [0.05, 0.1) is 19.8 Å². The molecule has 0 saturated heterocycles. The first-order valence-corrected chi connectivity index (χ1v) is 6.46. The number of aromatic nitrogens is 1. The Bertz CT molecular complexity index is 761. The minimum absolute atomic E-state index is 0.0769. The summed E-state index contributed by atoms with van der Waals surface area (Å²) in [5, 5.41) is 9.10. The van der Waals surface area contributed by atoms with Gasteiger partial charge in [-0.25, -0.2) is 9.78 Å². The maximum absolute atomic E-state index is 12.7. The third kappa shape index (κ3) is 3.67. The highest BCUT2D eigenvalue weighted by molar-refractivity contribution is 5.90. The summed E-state index contributed by atoms with van der Waals surface area (Å²) >= 11 is 0. The van der Waals surface area contributed by atoms with Gasteiger partial charge in [0.15, 0.2) is 11.5 Å². The molecular formula is C15H12F3NO5. The zero-order valence-electron chi connectivity index (χ0n) is 12.5. The summed E-state index contributed by atoms with van der Waals surface area (Å²) in [4.78, 5) is 14.7. The second kappa shape index (κ2) is 6.65. The van der Waals surface area contributed by atoms with Gasteiger partial charge in [0.2, 0.25) is 5.88 Å². The molecule has 6 nitrogen and oxygen atoms in total. The second-order valence-corrected chi connectivity index (χ2v) is 4.50. The molecular weight excluding hydrogens is 331 g/mol. The first kappa shape index (κ1) is 17.4. The number of alkyl halides is 3. The van der Waals surface area contributed by atoms with Crippen LogP contribution in [0.2, 0.25) is 0 Å². The molecule has 24 heavy (non-hydrogen) atoms. The van der Waals surface area contributed by atoms with Gasteiger partial charge in [-0.2, -0.15) is 13.2 Å². The van der Waals surface area contributed by atoms with Gasteiger partial charge in [-0.05, 0) is 18.2 Å². The Morgan fingerprint density at radius 2 is 1.83 bits per heavy atom. The zero-order valence-corrected chi connectivity index (χ0v) is 12.5. The van der Waals surface area contributed by atoms with Crippen molar-refractivity contribution in [2.75, 3.05) is 14.2 Å². The average molecular weight is 343 g/mol. The van der Waals surface area contributed by atoms with Gasteiger partial charge >= 0.3 is 12.1 Å². The Labute approximate surface area is 134 Å². The smallest absolute Gasteiger partial charge is 0.417 e. The van der Waals surface area contributed by atoms with Crippen LogP contribution in [-0.4, -0.2) is 30.3 Å². The van der Waals surface area contributed by atoms with Gasteiger partial charge in [0.1, 0.15) is 11.3 Å². The minimum Gasteiger partial charge on any atom is -0.497 e. The Morgan fingerprint density at radius 1 is 1.12 bits per heavy atom. The number of hydrogen-bond donors (Lipinski definition) is 1. The van der Waals surface area contributed by atoms with Crippen molar-refractivity contribution in [3.63, 3.8) is 0 Å². The molecule has 1 aromatic carbocycles. The van der Waals surface area contributed by atoms with E-state index in [9.17, 15) is 18.0 Å². The average Bonchev–Trinajstić information content (AvgIpc) is 2.54. The zero-order chi connectivity index (χ0) is 17.9. The highest BCUT2D eigenvalue weighted by atomic mass is 19.4. The lowest BCUT2D eigenvalue weighted by atomic mass is 10.2. The molecule has 0 bridgehead atoms. The molecule has 1 aromatic heterocycles. The quantitative estimate of drug-likeness (QED) is 0.894. The van der Waals surface area contributed by atoms with Crippen molar-refractivity contribution in [1.82, 2.24) is 4.98 Å². The van der Waals surface area contributed by atoms with Crippen molar-refractivity contribution in [2.45, 2.75) is 6.18 Å². The largest absolute Gasteiger partial charge is 0.497 e. The summed E-state index contributed by atoms with van der Waals surface area (Å²) in [5.41, 5.74) is -1.91. The van der Waals surface area contributed by atoms with E-state index in [1.807, 2.05) is 0 Å². The number of carboxylic acids is 1. The first-order chi connectivity index (χ1) is 11.3. The molecule has 0 aliphatic heterocycles. The monoisotopic (exact) mass is 343 g/mol. The molecule has 0 atom stereocenters. The molecule has 0 fully saturated rings. The predicted molar refractivity (Wildman–Crippen MR) is 75.8 cm³/mol. The SMILES string of the molecule is COc1ccc(Oc2ncc(C(F)(F)F)cc2C(=O)O)c(OC)c1. The van der Waals surface area contributed by atoms with E-state index in [1.165, 1.54) is 32.4 Å². The van der Waals surface area contributed by atoms with Crippen LogP contribution < -0.4 is 14.2 Å². The van der Waals surface area contributed by atoms with Gasteiger partial charge in [-0.15, -0.1) is 0 Å². The molecule has 0 amide bonds. The van der Waals surface area contributed by atoms with Gasteiger partial charge in [-0.3, -0.25) is 0 Å². The van der Waals surface area contributed by atoms with Crippen LogP contribution >= 0.6 is 0 Å². The van der Waals surface area contributed by atoms with E-state index in [0.29, 0.717) is 18.0 Å². The van der Waals surface area contributed by atoms with Crippen molar-refractivity contribution >= 4 is 5.97 Å². The number of benzene rings is 1. The molecule has 0 saturated carbocycles. The van der Waals surface area contributed by atoms with Crippen molar-refractivity contribution in [3.8, 4) is 23.1 Å². The molecule has 0 radical (unpaired) electrons.